The van der Waals surface area contributed by atoms with Gasteiger partial charge in [-0.1, -0.05) is 11.6 Å². The SMILES string of the molecule is COc1ccc(C)cc1-c1cc2c(Nc3ccc4[nH]ccc4c3C)ccnc2s1. The third kappa shape index (κ3) is 3.04. The number of pyridine rings is 1. The number of aromatic amines is 1. The summed E-state index contributed by atoms with van der Waals surface area (Å²) in [6.45, 7) is 4.25. The quantitative estimate of drug-likeness (QED) is 0.349. The fourth-order valence-corrected chi connectivity index (χ4v) is 4.81. The van der Waals surface area contributed by atoms with Crippen LogP contribution in [0.1, 0.15) is 11.1 Å². The summed E-state index contributed by atoms with van der Waals surface area (Å²) < 4.78 is 5.59. The summed E-state index contributed by atoms with van der Waals surface area (Å²) in [6, 6.07) is 16.9. The second-order valence-corrected chi connectivity index (χ2v) is 8.22. The monoisotopic (exact) mass is 399 g/mol. The van der Waals surface area contributed by atoms with Gasteiger partial charge >= 0.3 is 0 Å². The Balaban J connectivity index is 1.61. The highest BCUT2D eigenvalue weighted by Gasteiger charge is 2.14. The van der Waals surface area contributed by atoms with E-state index in [4.69, 9.17) is 4.74 Å². The van der Waals surface area contributed by atoms with Crippen LogP contribution in [-0.4, -0.2) is 17.1 Å². The van der Waals surface area contributed by atoms with E-state index in [1.54, 1.807) is 18.4 Å². The van der Waals surface area contributed by atoms with E-state index < -0.39 is 0 Å². The van der Waals surface area contributed by atoms with Crippen LogP contribution >= 0.6 is 11.3 Å². The van der Waals surface area contributed by atoms with E-state index in [9.17, 15) is 0 Å². The van der Waals surface area contributed by atoms with Gasteiger partial charge in [-0.2, -0.15) is 0 Å². The van der Waals surface area contributed by atoms with E-state index in [1.807, 2.05) is 24.5 Å². The van der Waals surface area contributed by atoms with Crippen LogP contribution in [0.5, 0.6) is 5.75 Å². The Hall–Kier alpha value is -3.31. The zero-order valence-electron chi connectivity index (χ0n) is 16.5. The molecule has 0 aliphatic heterocycles. The number of nitrogens with one attached hydrogen (secondary N) is 2. The lowest BCUT2D eigenvalue weighted by atomic mass is 10.1. The van der Waals surface area contributed by atoms with Crippen molar-refractivity contribution < 1.29 is 4.74 Å². The zero-order valence-corrected chi connectivity index (χ0v) is 17.4. The number of benzene rings is 2. The van der Waals surface area contributed by atoms with Gasteiger partial charge in [0.05, 0.1) is 12.8 Å². The van der Waals surface area contributed by atoms with Crippen LogP contribution in [0.15, 0.2) is 60.9 Å². The number of nitrogens with zero attached hydrogens (tertiary/aromatic N) is 1. The summed E-state index contributed by atoms with van der Waals surface area (Å²) in [4.78, 5) is 10.0. The third-order valence-corrected chi connectivity index (χ3v) is 6.41. The second-order valence-electron chi connectivity index (χ2n) is 7.19. The van der Waals surface area contributed by atoms with E-state index in [0.29, 0.717) is 0 Å². The van der Waals surface area contributed by atoms with Crippen LogP contribution in [0.2, 0.25) is 0 Å². The van der Waals surface area contributed by atoms with Gasteiger partial charge < -0.3 is 15.0 Å². The molecule has 0 saturated heterocycles. The highest BCUT2D eigenvalue weighted by atomic mass is 32.1. The Morgan fingerprint density at radius 2 is 1.86 bits per heavy atom. The van der Waals surface area contributed by atoms with Crippen molar-refractivity contribution >= 4 is 43.8 Å². The number of fused-ring (bicyclic) bond motifs is 2. The molecule has 0 aliphatic carbocycles. The number of rotatable bonds is 4. The maximum Gasteiger partial charge on any atom is 0.127 e. The van der Waals surface area contributed by atoms with Gasteiger partial charge in [0.2, 0.25) is 0 Å². The first-order chi connectivity index (χ1) is 14.1. The van der Waals surface area contributed by atoms with Crippen molar-refractivity contribution in [3.8, 4) is 16.2 Å². The number of ether oxygens (including phenoxy) is 1. The highest BCUT2D eigenvalue weighted by molar-refractivity contribution is 7.22. The fourth-order valence-electron chi connectivity index (χ4n) is 3.76. The van der Waals surface area contributed by atoms with Crippen LogP contribution in [-0.2, 0) is 0 Å². The van der Waals surface area contributed by atoms with E-state index in [-0.39, 0.29) is 0 Å². The Morgan fingerprint density at radius 1 is 0.966 bits per heavy atom. The molecule has 0 spiro atoms. The molecule has 0 bridgehead atoms. The molecule has 3 heterocycles. The van der Waals surface area contributed by atoms with Crippen LogP contribution in [0.3, 0.4) is 0 Å². The molecule has 5 rings (SSSR count). The Morgan fingerprint density at radius 3 is 2.72 bits per heavy atom. The maximum atomic E-state index is 5.59. The first-order valence-corrected chi connectivity index (χ1v) is 10.3. The van der Waals surface area contributed by atoms with Crippen molar-refractivity contribution in [1.29, 1.82) is 0 Å². The molecule has 29 heavy (non-hydrogen) atoms. The molecule has 4 nitrogen and oxygen atoms in total. The van der Waals surface area contributed by atoms with Crippen molar-refractivity contribution in [3.63, 3.8) is 0 Å². The lowest BCUT2D eigenvalue weighted by molar-refractivity contribution is 0.416. The lowest BCUT2D eigenvalue weighted by Gasteiger charge is -2.11. The summed E-state index contributed by atoms with van der Waals surface area (Å²) in [5, 5.41) is 5.97. The summed E-state index contributed by atoms with van der Waals surface area (Å²) in [7, 11) is 1.71. The number of hydrogen-bond acceptors (Lipinski definition) is 4. The first kappa shape index (κ1) is 17.8. The minimum absolute atomic E-state index is 0.880. The molecule has 3 aromatic heterocycles. The predicted molar refractivity (Wildman–Crippen MR) is 123 cm³/mol. The van der Waals surface area contributed by atoms with Gasteiger partial charge in [0.15, 0.2) is 0 Å². The van der Waals surface area contributed by atoms with Crippen LogP contribution < -0.4 is 10.1 Å². The average molecular weight is 400 g/mol. The van der Waals surface area contributed by atoms with E-state index in [2.05, 4.69) is 65.5 Å². The largest absolute Gasteiger partial charge is 0.496 e. The molecule has 0 unspecified atom stereocenters. The van der Waals surface area contributed by atoms with Gasteiger partial charge in [-0.3, -0.25) is 0 Å². The van der Waals surface area contributed by atoms with Crippen molar-refractivity contribution in [2.45, 2.75) is 13.8 Å². The smallest absolute Gasteiger partial charge is 0.127 e. The Kier molecular flexibility index (Phi) is 4.25. The van der Waals surface area contributed by atoms with E-state index in [0.717, 1.165) is 43.3 Å². The summed E-state index contributed by atoms with van der Waals surface area (Å²) in [5.41, 5.74) is 6.85. The minimum Gasteiger partial charge on any atom is -0.496 e. The normalized spacial score (nSPS) is 11.3. The van der Waals surface area contributed by atoms with Crippen molar-refractivity contribution in [1.82, 2.24) is 9.97 Å². The number of H-pyrrole nitrogens is 1. The van der Waals surface area contributed by atoms with Gasteiger partial charge in [-0.05, 0) is 61.9 Å². The van der Waals surface area contributed by atoms with E-state index >= 15 is 0 Å². The fraction of sp³-hybridized carbons (Fsp3) is 0.125. The van der Waals surface area contributed by atoms with Gasteiger partial charge in [-0.15, -0.1) is 11.3 Å². The van der Waals surface area contributed by atoms with Gasteiger partial charge in [0, 0.05) is 44.8 Å². The zero-order chi connectivity index (χ0) is 20.0. The number of aromatic nitrogens is 2. The molecule has 2 aromatic carbocycles. The summed E-state index contributed by atoms with van der Waals surface area (Å²) >= 11 is 1.69. The van der Waals surface area contributed by atoms with Crippen molar-refractivity contribution in [2.75, 3.05) is 12.4 Å². The molecule has 0 aliphatic rings. The average Bonchev–Trinajstić information content (AvgIpc) is 3.38. The molecule has 0 radical (unpaired) electrons. The maximum absolute atomic E-state index is 5.59. The molecular weight excluding hydrogens is 378 g/mol. The Labute approximate surface area is 173 Å². The van der Waals surface area contributed by atoms with E-state index in [1.165, 1.54) is 16.5 Å². The predicted octanol–water partition coefficient (Wildman–Crippen LogP) is 6.81. The molecule has 0 atom stereocenters. The van der Waals surface area contributed by atoms with Crippen LogP contribution in [0.25, 0.3) is 31.6 Å². The molecule has 0 saturated carbocycles. The third-order valence-electron chi connectivity index (χ3n) is 5.33. The lowest BCUT2D eigenvalue weighted by Crippen LogP contribution is -1.94. The number of methoxy groups -OCH3 is 1. The topological polar surface area (TPSA) is 49.9 Å². The first-order valence-electron chi connectivity index (χ1n) is 9.51. The van der Waals surface area contributed by atoms with Crippen molar-refractivity contribution in [3.05, 3.63) is 72.1 Å². The van der Waals surface area contributed by atoms with Gasteiger partial charge in [0.1, 0.15) is 10.6 Å². The minimum atomic E-state index is 0.880. The summed E-state index contributed by atoms with van der Waals surface area (Å²) in [6.07, 6.45) is 3.84. The molecule has 0 fully saturated rings. The highest BCUT2D eigenvalue weighted by Crippen LogP contribution is 2.41. The molecule has 5 heteroatoms. The van der Waals surface area contributed by atoms with Crippen molar-refractivity contribution in [2.24, 2.45) is 0 Å². The molecule has 0 amide bonds. The van der Waals surface area contributed by atoms with Gasteiger partial charge in [-0.25, -0.2) is 4.98 Å². The van der Waals surface area contributed by atoms with Crippen LogP contribution in [0, 0.1) is 13.8 Å². The second kappa shape index (κ2) is 6.94. The number of thiophene rings is 1. The van der Waals surface area contributed by atoms with Crippen LogP contribution in [0.4, 0.5) is 11.4 Å². The molecule has 5 aromatic rings. The summed E-state index contributed by atoms with van der Waals surface area (Å²) in [5.74, 6) is 0.880. The molecule has 144 valence electrons. The number of anilines is 2. The Bertz CT molecular complexity index is 1350. The molecule has 2 N–H and O–H groups in total. The standard InChI is InChI=1S/C24H21N3OS/c1-14-4-7-22(28-3)18(12-14)23-13-17-21(9-11-26-24(17)29-23)27-19-5-6-20-16(15(19)2)8-10-25-20/h4-13,25H,1-3H3,(H,26,27). The number of aryl methyl sites for hydroxylation is 2. The molecular formula is C24H21N3OS. The number of hydrogen-bond donors (Lipinski definition) is 2. The van der Waals surface area contributed by atoms with Gasteiger partial charge in [0.25, 0.3) is 0 Å².